The van der Waals surface area contributed by atoms with Gasteiger partial charge in [-0.25, -0.2) is 0 Å². The summed E-state index contributed by atoms with van der Waals surface area (Å²) in [5, 5.41) is 0. The number of rotatable bonds is 8. The Morgan fingerprint density at radius 3 is 1.19 bits per heavy atom. The zero-order chi connectivity index (χ0) is 39.9. The maximum atomic E-state index is 2.90. The molecule has 0 aromatic heterocycles. The predicted molar refractivity (Wildman–Crippen MR) is 260 cm³/mol. The molecule has 0 radical (unpaired) electrons. The van der Waals surface area contributed by atoms with Crippen LogP contribution >= 0.6 is 24.8 Å². The van der Waals surface area contributed by atoms with E-state index in [4.69, 9.17) is 0 Å². The van der Waals surface area contributed by atoms with Crippen molar-refractivity contribution in [3.05, 3.63) is 129 Å². The zero-order valence-electron chi connectivity index (χ0n) is 37.5. The minimum atomic E-state index is -3.95. The van der Waals surface area contributed by atoms with Crippen molar-refractivity contribution in [2.45, 2.75) is 147 Å². The van der Waals surface area contributed by atoms with Gasteiger partial charge in [-0.05, 0) is 0 Å². The monoisotopic (exact) mass is 908 g/mol. The van der Waals surface area contributed by atoms with Crippen molar-refractivity contribution in [1.82, 2.24) is 0 Å². The zero-order valence-corrected chi connectivity index (χ0v) is 43.0. The third-order valence-electron chi connectivity index (χ3n) is 15.1. The van der Waals surface area contributed by atoms with Crippen LogP contribution in [0.25, 0.3) is 34.4 Å². The molecule has 0 saturated heterocycles. The smallest absolute Gasteiger partial charge is 0.147 e. The van der Waals surface area contributed by atoms with Gasteiger partial charge in [0.2, 0.25) is 0 Å². The molecule has 0 amide bonds. The van der Waals surface area contributed by atoms with Crippen molar-refractivity contribution < 1.29 is 17.4 Å². The van der Waals surface area contributed by atoms with Crippen molar-refractivity contribution >= 4 is 43.8 Å². The van der Waals surface area contributed by atoms with Gasteiger partial charge in [-0.1, -0.05) is 0 Å². The summed E-state index contributed by atoms with van der Waals surface area (Å²) in [6.45, 7) is 22.1. The molecule has 2 atom stereocenters. The van der Waals surface area contributed by atoms with Gasteiger partial charge >= 0.3 is 346 Å². The molecule has 4 aromatic rings. The van der Waals surface area contributed by atoms with Crippen LogP contribution in [0, 0.1) is 10.8 Å². The third kappa shape index (κ3) is 8.21. The molecular formula is C54H72Cl2SiZr. The Morgan fingerprint density at radius 2 is 0.845 bits per heavy atom. The van der Waals surface area contributed by atoms with Crippen LogP contribution in [0.4, 0.5) is 0 Å². The SMILES string of the molecule is CC1(CC2=Cc3c(-c4ccccc4C(C)(C)C)cccc3[CH]2[Zr]([CH3])([CH3])(=[SiH2])[CH]2C(CC3(C)CCCC3)=Cc3c(-c4ccccc4C(C)(C)C)cccc32)CCCC1.Cl.Cl. The second-order valence-electron chi connectivity index (χ2n) is 22.8. The van der Waals surface area contributed by atoms with Gasteiger partial charge in [0.1, 0.15) is 0 Å². The van der Waals surface area contributed by atoms with E-state index in [9.17, 15) is 0 Å². The molecule has 0 aliphatic heterocycles. The fourth-order valence-corrected chi connectivity index (χ4v) is 32.3. The van der Waals surface area contributed by atoms with Crippen LogP contribution in [0.3, 0.4) is 0 Å². The quantitative estimate of drug-likeness (QED) is 0.155. The fraction of sp³-hybridized carbons (Fsp3) is 0.481. The average Bonchev–Trinajstić information content (AvgIpc) is 3.92. The molecule has 4 aliphatic rings. The van der Waals surface area contributed by atoms with Crippen molar-refractivity contribution in [2.75, 3.05) is 0 Å². The van der Waals surface area contributed by atoms with Crippen molar-refractivity contribution in [1.29, 1.82) is 0 Å². The molecule has 4 aliphatic carbocycles. The second kappa shape index (κ2) is 16.1. The summed E-state index contributed by atoms with van der Waals surface area (Å²) < 4.78 is 6.84. The summed E-state index contributed by atoms with van der Waals surface area (Å²) in [4.78, 5) is 0. The number of allylic oxidation sites excluding steroid dienone is 2. The van der Waals surface area contributed by atoms with Gasteiger partial charge in [0.15, 0.2) is 0 Å². The normalized spacial score (nSPS) is 21.1. The number of fused-ring (bicyclic) bond motifs is 2. The van der Waals surface area contributed by atoms with Crippen LogP contribution in [0.15, 0.2) is 96.1 Å². The molecule has 0 bridgehead atoms. The minimum Gasteiger partial charge on any atom is -0.147 e. The van der Waals surface area contributed by atoms with Crippen LogP contribution in [0.2, 0.25) is 9.26 Å². The molecule has 4 heteroatoms. The van der Waals surface area contributed by atoms with E-state index in [0.717, 1.165) is 0 Å². The number of halogens is 2. The number of hydrogen-bond acceptors (Lipinski definition) is 0. The molecule has 0 nitrogen and oxygen atoms in total. The average molecular weight is 911 g/mol. The third-order valence-corrected chi connectivity index (χ3v) is 32.6. The van der Waals surface area contributed by atoms with E-state index >= 15 is 0 Å². The van der Waals surface area contributed by atoms with Gasteiger partial charge in [0, 0.05) is 0 Å². The van der Waals surface area contributed by atoms with Gasteiger partial charge in [-0.3, -0.25) is 0 Å². The minimum absolute atomic E-state index is 0. The maximum absolute atomic E-state index is 3.95. The van der Waals surface area contributed by atoms with E-state index in [-0.39, 0.29) is 35.6 Å². The molecular weight excluding hydrogens is 839 g/mol. The van der Waals surface area contributed by atoms with Gasteiger partial charge in [-0.15, -0.1) is 24.8 Å². The summed E-state index contributed by atoms with van der Waals surface area (Å²) in [5.41, 5.74) is 19.4. The Kier molecular flexibility index (Phi) is 12.6. The van der Waals surface area contributed by atoms with E-state index in [0.29, 0.717) is 18.1 Å². The summed E-state index contributed by atoms with van der Waals surface area (Å²) in [6, 6.07) is 33.4. The Morgan fingerprint density at radius 1 is 0.517 bits per heavy atom. The van der Waals surface area contributed by atoms with E-state index in [1.807, 2.05) is 0 Å². The van der Waals surface area contributed by atoms with E-state index < -0.39 is 17.4 Å². The molecule has 310 valence electrons. The summed E-state index contributed by atoms with van der Waals surface area (Å²) >= 11 is -3.95. The topological polar surface area (TPSA) is 0 Å². The van der Waals surface area contributed by atoms with Crippen LogP contribution < -0.4 is 0 Å². The van der Waals surface area contributed by atoms with Crippen molar-refractivity contribution in [3.8, 4) is 22.3 Å². The first-order valence-corrected chi connectivity index (χ1v) is 35.9. The summed E-state index contributed by atoms with van der Waals surface area (Å²) in [7, 11) is 0. The molecule has 0 heterocycles. The fourth-order valence-electron chi connectivity index (χ4n) is 12.7. The Hall–Kier alpha value is -1.96. The largest absolute Gasteiger partial charge is 0.147 e. The van der Waals surface area contributed by atoms with Gasteiger partial charge < -0.3 is 0 Å². The first-order valence-electron chi connectivity index (χ1n) is 22.2. The molecule has 2 unspecified atom stereocenters. The number of benzene rings is 4. The van der Waals surface area contributed by atoms with Gasteiger partial charge in [0.25, 0.3) is 0 Å². The molecule has 0 spiro atoms. The number of hydrogen-bond donors (Lipinski definition) is 0. The molecule has 0 N–H and O–H groups in total. The van der Waals surface area contributed by atoms with Crippen LogP contribution in [-0.4, -0.2) is 6.88 Å². The standard InChI is InChI=1S/2C26H31.2CH3.2ClH.H2Si.Zr/c2*1-25(2,3)24-13-6-5-11-22(24)21-12-9-10-20-16-19(17-23(20)21)18-26(4)14-7-8-15-26;;;;;;/h2*5-6,9-13,16-17H,7-8,14-15,18H2,1-4H3;2*1H3;2*1H;1H2;. The van der Waals surface area contributed by atoms with Crippen molar-refractivity contribution in [3.63, 3.8) is 0 Å². The summed E-state index contributed by atoms with van der Waals surface area (Å²) in [6.07, 6.45) is 19.0. The summed E-state index contributed by atoms with van der Waals surface area (Å²) in [5.74, 6) is 0. The van der Waals surface area contributed by atoms with E-state index in [1.165, 1.54) is 109 Å². The maximum Gasteiger partial charge on any atom is -0.147 e. The van der Waals surface area contributed by atoms with Gasteiger partial charge in [0.05, 0.1) is 0 Å². The molecule has 2 fully saturated rings. The van der Waals surface area contributed by atoms with E-state index in [2.05, 4.69) is 169 Å². The molecule has 8 rings (SSSR count). The Labute approximate surface area is 367 Å². The van der Waals surface area contributed by atoms with Crippen LogP contribution in [0.5, 0.6) is 0 Å². The van der Waals surface area contributed by atoms with Crippen LogP contribution in [-0.2, 0) is 28.2 Å². The molecule has 58 heavy (non-hydrogen) atoms. The van der Waals surface area contributed by atoms with Gasteiger partial charge in [-0.2, -0.15) is 0 Å². The predicted octanol–water partition coefficient (Wildman–Crippen LogP) is 16.3. The molecule has 4 aromatic carbocycles. The van der Waals surface area contributed by atoms with Crippen LogP contribution in [0.1, 0.15) is 160 Å². The van der Waals surface area contributed by atoms with Crippen molar-refractivity contribution in [2.24, 2.45) is 10.8 Å². The first-order chi connectivity index (χ1) is 26.3. The van der Waals surface area contributed by atoms with E-state index in [1.54, 1.807) is 22.3 Å². The molecule has 2 saturated carbocycles. The first kappa shape index (κ1) is 45.6. The Bertz CT molecular complexity index is 2150. The second-order valence-corrected chi connectivity index (χ2v) is 53.3. The Balaban J connectivity index is 0.00000283.